The highest BCUT2D eigenvalue weighted by Gasteiger charge is 2.12. The Labute approximate surface area is 186 Å². The third-order valence-electron chi connectivity index (χ3n) is 5.50. The molecule has 0 saturated carbocycles. The Kier molecular flexibility index (Phi) is 6.44. The summed E-state index contributed by atoms with van der Waals surface area (Å²) in [5.74, 6) is -0.305. The van der Waals surface area contributed by atoms with Crippen molar-refractivity contribution in [1.82, 2.24) is 19.4 Å². The first-order valence-corrected chi connectivity index (χ1v) is 11.0. The standard InChI is InChI=1S/C25H27N5O2/c1-3-5-6-19-9-13-21(14-10-19)27-24(31)16-29-25(32)23-15-22(28-30(23)17-26-29)20-11-7-18(4-2)8-12-20/h7-15,17H,3-6,16H2,1-2H3,(H,27,31). The number of rotatable bonds is 8. The molecule has 32 heavy (non-hydrogen) atoms. The Hall–Kier alpha value is -3.74. The fourth-order valence-electron chi connectivity index (χ4n) is 3.58. The molecule has 0 saturated heterocycles. The van der Waals surface area contributed by atoms with Crippen molar-refractivity contribution in [3.8, 4) is 11.3 Å². The average Bonchev–Trinajstić information content (AvgIpc) is 3.26. The summed E-state index contributed by atoms with van der Waals surface area (Å²) in [5.41, 5.74) is 4.82. The van der Waals surface area contributed by atoms with Crippen LogP contribution in [0.5, 0.6) is 0 Å². The second-order valence-electron chi connectivity index (χ2n) is 7.85. The van der Waals surface area contributed by atoms with Crippen LogP contribution in [0.1, 0.15) is 37.8 Å². The van der Waals surface area contributed by atoms with Gasteiger partial charge in [-0.3, -0.25) is 9.59 Å². The zero-order valence-electron chi connectivity index (χ0n) is 18.4. The summed E-state index contributed by atoms with van der Waals surface area (Å²) in [7, 11) is 0. The van der Waals surface area contributed by atoms with Crippen molar-refractivity contribution in [3.63, 3.8) is 0 Å². The van der Waals surface area contributed by atoms with E-state index in [-0.39, 0.29) is 18.0 Å². The highest BCUT2D eigenvalue weighted by atomic mass is 16.2. The van der Waals surface area contributed by atoms with E-state index in [0.717, 1.165) is 35.9 Å². The van der Waals surface area contributed by atoms with Crippen LogP contribution in [0, 0.1) is 0 Å². The Morgan fingerprint density at radius 3 is 2.41 bits per heavy atom. The molecule has 4 aromatic rings. The lowest BCUT2D eigenvalue weighted by Crippen LogP contribution is -2.30. The highest BCUT2D eigenvalue weighted by molar-refractivity contribution is 5.90. The number of amides is 1. The molecule has 2 aromatic carbocycles. The number of aromatic nitrogens is 4. The maximum Gasteiger partial charge on any atom is 0.293 e. The molecule has 2 aromatic heterocycles. The minimum absolute atomic E-state index is 0.168. The topological polar surface area (TPSA) is 81.3 Å². The number of fused-ring (bicyclic) bond motifs is 1. The molecule has 0 aliphatic rings. The molecule has 2 heterocycles. The molecule has 7 nitrogen and oxygen atoms in total. The lowest BCUT2D eigenvalue weighted by Gasteiger charge is -2.08. The fraction of sp³-hybridized carbons (Fsp3) is 0.280. The molecule has 0 spiro atoms. The summed E-state index contributed by atoms with van der Waals surface area (Å²) in [6.07, 6.45) is 5.74. The normalized spacial score (nSPS) is 11.1. The smallest absolute Gasteiger partial charge is 0.293 e. The monoisotopic (exact) mass is 429 g/mol. The van der Waals surface area contributed by atoms with Crippen LogP contribution in [-0.2, 0) is 24.2 Å². The molecule has 0 aliphatic heterocycles. The summed E-state index contributed by atoms with van der Waals surface area (Å²) < 4.78 is 2.61. The van der Waals surface area contributed by atoms with Gasteiger partial charge in [0, 0.05) is 11.3 Å². The van der Waals surface area contributed by atoms with Gasteiger partial charge in [-0.15, -0.1) is 0 Å². The molecule has 0 bridgehead atoms. The van der Waals surface area contributed by atoms with E-state index in [2.05, 4.69) is 41.5 Å². The predicted molar refractivity (Wildman–Crippen MR) is 126 cm³/mol. The molecule has 0 aliphatic carbocycles. The molecule has 0 fully saturated rings. The molecule has 4 rings (SSSR count). The first-order chi connectivity index (χ1) is 15.6. The summed E-state index contributed by atoms with van der Waals surface area (Å²) in [4.78, 5) is 25.3. The molecule has 1 amide bonds. The van der Waals surface area contributed by atoms with Crippen LogP contribution in [-0.4, -0.2) is 25.3 Å². The van der Waals surface area contributed by atoms with Crippen molar-refractivity contribution >= 4 is 17.1 Å². The Morgan fingerprint density at radius 1 is 1.00 bits per heavy atom. The Bertz CT molecular complexity index is 1270. The van der Waals surface area contributed by atoms with Gasteiger partial charge in [0.05, 0.1) is 5.69 Å². The van der Waals surface area contributed by atoms with Gasteiger partial charge in [0.1, 0.15) is 18.4 Å². The van der Waals surface area contributed by atoms with Crippen LogP contribution in [0.15, 0.2) is 65.7 Å². The molecular formula is C25H27N5O2. The zero-order valence-corrected chi connectivity index (χ0v) is 18.4. The first-order valence-electron chi connectivity index (χ1n) is 11.0. The van der Waals surface area contributed by atoms with Crippen molar-refractivity contribution < 1.29 is 4.79 Å². The molecule has 0 unspecified atom stereocenters. The minimum Gasteiger partial charge on any atom is -0.324 e. The van der Waals surface area contributed by atoms with E-state index in [1.165, 1.54) is 22.0 Å². The summed E-state index contributed by atoms with van der Waals surface area (Å²) in [6, 6.07) is 17.6. The van der Waals surface area contributed by atoms with Crippen molar-refractivity contribution in [2.24, 2.45) is 0 Å². The van der Waals surface area contributed by atoms with Gasteiger partial charge in [0.25, 0.3) is 5.56 Å². The number of anilines is 1. The molecule has 7 heteroatoms. The summed E-state index contributed by atoms with van der Waals surface area (Å²) >= 11 is 0. The molecule has 164 valence electrons. The number of carbonyl (C=O) groups is 1. The van der Waals surface area contributed by atoms with Gasteiger partial charge in [0.2, 0.25) is 5.91 Å². The van der Waals surface area contributed by atoms with E-state index in [1.807, 2.05) is 36.4 Å². The average molecular weight is 430 g/mol. The quantitative estimate of drug-likeness (QED) is 0.457. The maximum absolute atomic E-state index is 12.9. The number of hydrogen-bond donors (Lipinski definition) is 1. The highest BCUT2D eigenvalue weighted by Crippen LogP contribution is 2.19. The Morgan fingerprint density at radius 2 is 1.72 bits per heavy atom. The number of benzene rings is 2. The molecule has 0 atom stereocenters. The fourth-order valence-corrected chi connectivity index (χ4v) is 3.58. The van der Waals surface area contributed by atoms with Crippen molar-refractivity contribution in [3.05, 3.63) is 82.4 Å². The number of aryl methyl sites for hydroxylation is 2. The number of nitrogens with zero attached hydrogens (tertiary/aromatic N) is 4. The van der Waals surface area contributed by atoms with E-state index in [4.69, 9.17) is 0 Å². The van der Waals surface area contributed by atoms with E-state index < -0.39 is 0 Å². The van der Waals surface area contributed by atoms with Gasteiger partial charge in [0.15, 0.2) is 0 Å². The summed E-state index contributed by atoms with van der Waals surface area (Å²) in [5, 5.41) is 11.4. The van der Waals surface area contributed by atoms with Crippen molar-refractivity contribution in [2.75, 3.05) is 5.32 Å². The number of nitrogens with one attached hydrogen (secondary N) is 1. The van der Waals surface area contributed by atoms with E-state index in [0.29, 0.717) is 16.9 Å². The van der Waals surface area contributed by atoms with E-state index >= 15 is 0 Å². The second-order valence-corrected chi connectivity index (χ2v) is 7.85. The van der Waals surface area contributed by atoms with Gasteiger partial charge in [-0.1, -0.05) is 56.7 Å². The van der Waals surface area contributed by atoms with Gasteiger partial charge in [-0.05, 0) is 48.6 Å². The SMILES string of the molecule is CCCCc1ccc(NC(=O)Cn2ncn3nc(-c4ccc(CC)cc4)cc3c2=O)cc1. The number of unbranched alkanes of at least 4 members (excludes halogenated alkanes) is 1. The molecule has 1 N–H and O–H groups in total. The van der Waals surface area contributed by atoms with Crippen LogP contribution >= 0.6 is 0 Å². The van der Waals surface area contributed by atoms with Crippen molar-refractivity contribution in [1.29, 1.82) is 0 Å². The van der Waals surface area contributed by atoms with E-state index in [1.54, 1.807) is 6.07 Å². The predicted octanol–water partition coefficient (Wildman–Crippen LogP) is 4.10. The van der Waals surface area contributed by atoms with Crippen LogP contribution < -0.4 is 10.9 Å². The van der Waals surface area contributed by atoms with E-state index in [9.17, 15) is 9.59 Å². The summed E-state index contributed by atoms with van der Waals surface area (Å²) in [6.45, 7) is 4.10. The van der Waals surface area contributed by atoms with Gasteiger partial charge in [-0.2, -0.15) is 10.2 Å². The van der Waals surface area contributed by atoms with Gasteiger partial charge < -0.3 is 5.32 Å². The van der Waals surface area contributed by atoms with Crippen LogP contribution in [0.4, 0.5) is 5.69 Å². The zero-order chi connectivity index (χ0) is 22.5. The third-order valence-corrected chi connectivity index (χ3v) is 5.50. The number of hydrogen-bond acceptors (Lipinski definition) is 4. The van der Waals surface area contributed by atoms with Crippen LogP contribution in [0.25, 0.3) is 16.8 Å². The Balaban J connectivity index is 1.48. The largest absolute Gasteiger partial charge is 0.324 e. The lowest BCUT2D eigenvalue weighted by atomic mass is 10.1. The third kappa shape index (κ3) is 4.77. The van der Waals surface area contributed by atoms with Gasteiger partial charge in [-0.25, -0.2) is 9.20 Å². The van der Waals surface area contributed by atoms with Crippen LogP contribution in [0.2, 0.25) is 0 Å². The number of carbonyl (C=O) groups excluding carboxylic acids is 1. The van der Waals surface area contributed by atoms with Gasteiger partial charge >= 0.3 is 0 Å². The minimum atomic E-state index is -0.360. The second kappa shape index (κ2) is 9.60. The first kappa shape index (κ1) is 21.5. The van der Waals surface area contributed by atoms with Crippen LogP contribution in [0.3, 0.4) is 0 Å². The molecule has 0 radical (unpaired) electrons. The van der Waals surface area contributed by atoms with Crippen molar-refractivity contribution in [2.45, 2.75) is 46.1 Å². The molecular weight excluding hydrogens is 402 g/mol. The lowest BCUT2D eigenvalue weighted by molar-refractivity contribution is -0.117. The maximum atomic E-state index is 12.9.